The van der Waals surface area contributed by atoms with Gasteiger partial charge in [-0.1, -0.05) is 12.1 Å². The molecule has 1 aromatic carbocycles. The van der Waals surface area contributed by atoms with Crippen LogP contribution in [0, 0.1) is 5.41 Å². The van der Waals surface area contributed by atoms with Gasteiger partial charge in [0.1, 0.15) is 5.75 Å². The third-order valence-electron chi connectivity index (χ3n) is 4.61. The number of unbranched alkanes of at least 4 members (excludes halogenated alkanes) is 1. The predicted molar refractivity (Wildman–Crippen MR) is 87.5 cm³/mol. The number of carbonyl (C=O) groups excluding carboxylic acids is 1. The predicted octanol–water partition coefficient (Wildman–Crippen LogP) is 2.73. The molecule has 5 nitrogen and oxygen atoms in total. The molecular formula is C18H25NO4. The summed E-state index contributed by atoms with van der Waals surface area (Å²) >= 11 is 0. The number of hydrogen-bond acceptors (Lipinski definition) is 3. The third kappa shape index (κ3) is 4.47. The first-order chi connectivity index (χ1) is 10.9. The maximum Gasteiger partial charge on any atom is 0.311 e. The summed E-state index contributed by atoms with van der Waals surface area (Å²) in [6.45, 7) is 2.60. The number of nitrogens with zero attached hydrogens (tertiary/aromatic N) is 1. The highest BCUT2D eigenvalue weighted by atomic mass is 16.5. The van der Waals surface area contributed by atoms with Gasteiger partial charge in [0.2, 0.25) is 5.91 Å². The van der Waals surface area contributed by atoms with Crippen molar-refractivity contribution in [2.45, 2.75) is 39.0 Å². The van der Waals surface area contributed by atoms with Gasteiger partial charge in [0.25, 0.3) is 0 Å². The summed E-state index contributed by atoms with van der Waals surface area (Å²) < 4.78 is 5.12. The fourth-order valence-corrected chi connectivity index (χ4v) is 2.90. The topological polar surface area (TPSA) is 66.8 Å². The summed E-state index contributed by atoms with van der Waals surface area (Å²) in [7, 11) is 1.65. The van der Waals surface area contributed by atoms with Crippen molar-refractivity contribution in [1.29, 1.82) is 0 Å². The Hall–Kier alpha value is -2.04. The second kappa shape index (κ2) is 7.49. The molecule has 0 aromatic heterocycles. The molecule has 0 spiro atoms. The van der Waals surface area contributed by atoms with Crippen molar-refractivity contribution in [3.63, 3.8) is 0 Å². The third-order valence-corrected chi connectivity index (χ3v) is 4.61. The van der Waals surface area contributed by atoms with E-state index in [4.69, 9.17) is 4.74 Å². The maximum absolute atomic E-state index is 12.2. The van der Waals surface area contributed by atoms with Crippen LogP contribution in [0.15, 0.2) is 24.3 Å². The highest BCUT2D eigenvalue weighted by molar-refractivity contribution is 5.80. The van der Waals surface area contributed by atoms with Crippen LogP contribution in [0.4, 0.5) is 0 Å². The molecule has 23 heavy (non-hydrogen) atoms. The minimum absolute atomic E-state index is 0.0738. The lowest BCUT2D eigenvalue weighted by molar-refractivity contribution is -0.147. The molecule has 126 valence electrons. The van der Waals surface area contributed by atoms with Gasteiger partial charge in [0.05, 0.1) is 12.5 Å². The normalized spacial score (nSPS) is 20.5. The minimum Gasteiger partial charge on any atom is -0.497 e. The highest BCUT2D eigenvalue weighted by Gasteiger charge is 2.41. The molecule has 1 fully saturated rings. The van der Waals surface area contributed by atoms with Gasteiger partial charge in [-0.3, -0.25) is 9.59 Å². The summed E-state index contributed by atoms with van der Waals surface area (Å²) in [5, 5.41) is 9.20. The molecule has 1 aliphatic rings. The Morgan fingerprint density at radius 3 is 2.52 bits per heavy atom. The molecule has 1 N–H and O–H groups in total. The molecule has 0 bridgehead atoms. The first-order valence-corrected chi connectivity index (χ1v) is 8.09. The molecule has 1 aromatic rings. The summed E-state index contributed by atoms with van der Waals surface area (Å²) in [5.74, 6) is 0.108. The van der Waals surface area contributed by atoms with E-state index >= 15 is 0 Å². The Bertz CT molecular complexity index is 555. The highest BCUT2D eigenvalue weighted by Crippen LogP contribution is 2.30. The second-order valence-electron chi connectivity index (χ2n) is 6.49. The van der Waals surface area contributed by atoms with Crippen LogP contribution >= 0.6 is 0 Å². The van der Waals surface area contributed by atoms with Crippen LogP contribution in [-0.4, -0.2) is 42.1 Å². The molecule has 1 saturated heterocycles. The molecule has 0 aliphatic carbocycles. The van der Waals surface area contributed by atoms with E-state index in [0.717, 1.165) is 25.0 Å². The van der Waals surface area contributed by atoms with E-state index in [2.05, 4.69) is 0 Å². The van der Waals surface area contributed by atoms with Crippen LogP contribution in [0.1, 0.15) is 38.2 Å². The van der Waals surface area contributed by atoms with E-state index in [-0.39, 0.29) is 5.91 Å². The minimum atomic E-state index is -0.813. The van der Waals surface area contributed by atoms with E-state index in [1.54, 1.807) is 18.9 Å². The van der Waals surface area contributed by atoms with Crippen LogP contribution in [0.3, 0.4) is 0 Å². The molecule has 1 aliphatic heterocycles. The number of rotatable bonds is 7. The van der Waals surface area contributed by atoms with Crippen molar-refractivity contribution in [1.82, 2.24) is 4.90 Å². The number of likely N-dealkylation sites (tertiary alicyclic amines) is 1. The number of methoxy groups -OCH3 is 1. The van der Waals surface area contributed by atoms with Gasteiger partial charge >= 0.3 is 5.97 Å². The van der Waals surface area contributed by atoms with Gasteiger partial charge in [0.15, 0.2) is 0 Å². The standard InChI is InChI=1S/C18H25NO4/c1-18(17(21)22)11-12-19(13-18)16(20)6-4-3-5-14-7-9-15(23-2)10-8-14/h7-10H,3-6,11-13H2,1-2H3,(H,21,22)/t18-/m0/s1. The van der Waals surface area contributed by atoms with Gasteiger partial charge in [-0.05, 0) is 50.3 Å². The zero-order chi connectivity index (χ0) is 16.9. The molecule has 0 unspecified atom stereocenters. The number of carboxylic acids is 1. The van der Waals surface area contributed by atoms with Crippen molar-refractivity contribution < 1.29 is 19.4 Å². The Morgan fingerprint density at radius 1 is 1.26 bits per heavy atom. The zero-order valence-corrected chi connectivity index (χ0v) is 13.9. The van der Waals surface area contributed by atoms with Crippen LogP contribution in [-0.2, 0) is 16.0 Å². The number of aliphatic carboxylic acids is 1. The molecule has 1 amide bonds. The summed E-state index contributed by atoms with van der Waals surface area (Å²) in [6.07, 6.45) is 3.74. The molecule has 1 atom stereocenters. The van der Waals surface area contributed by atoms with Crippen LogP contribution in [0.5, 0.6) is 5.75 Å². The number of benzene rings is 1. The fraction of sp³-hybridized carbons (Fsp3) is 0.556. The average Bonchev–Trinajstić information content (AvgIpc) is 2.96. The Morgan fingerprint density at radius 2 is 1.96 bits per heavy atom. The first kappa shape index (κ1) is 17.3. The van der Waals surface area contributed by atoms with E-state index in [0.29, 0.717) is 25.9 Å². The number of ether oxygens (including phenoxy) is 1. The Labute approximate surface area is 137 Å². The lowest BCUT2D eigenvalue weighted by Crippen LogP contribution is -2.34. The summed E-state index contributed by atoms with van der Waals surface area (Å²) in [5.41, 5.74) is 0.455. The monoisotopic (exact) mass is 319 g/mol. The number of hydrogen-bond donors (Lipinski definition) is 1. The second-order valence-corrected chi connectivity index (χ2v) is 6.49. The van der Waals surface area contributed by atoms with Crippen molar-refractivity contribution in [2.24, 2.45) is 5.41 Å². The van der Waals surface area contributed by atoms with E-state index in [1.807, 2.05) is 24.3 Å². The number of aryl methyl sites for hydroxylation is 1. The average molecular weight is 319 g/mol. The molecule has 1 heterocycles. The fourth-order valence-electron chi connectivity index (χ4n) is 2.90. The lowest BCUT2D eigenvalue weighted by atomic mass is 9.90. The molecule has 0 saturated carbocycles. The van der Waals surface area contributed by atoms with Crippen molar-refractivity contribution in [3.05, 3.63) is 29.8 Å². The SMILES string of the molecule is COc1ccc(CCCCC(=O)N2CC[C@](C)(C(=O)O)C2)cc1. The quantitative estimate of drug-likeness (QED) is 0.785. The lowest BCUT2D eigenvalue weighted by Gasteiger charge is -2.20. The first-order valence-electron chi connectivity index (χ1n) is 8.09. The van der Waals surface area contributed by atoms with Crippen molar-refractivity contribution >= 4 is 11.9 Å². The molecule has 5 heteroatoms. The summed E-state index contributed by atoms with van der Waals surface area (Å²) in [6, 6.07) is 7.97. The number of amides is 1. The van der Waals surface area contributed by atoms with Crippen LogP contribution in [0.25, 0.3) is 0 Å². The zero-order valence-electron chi connectivity index (χ0n) is 13.9. The van der Waals surface area contributed by atoms with Crippen LogP contribution in [0.2, 0.25) is 0 Å². The number of carboxylic acid groups (broad SMARTS) is 1. The van der Waals surface area contributed by atoms with Gasteiger partial charge in [-0.25, -0.2) is 0 Å². The molecule has 2 rings (SSSR count). The van der Waals surface area contributed by atoms with Gasteiger partial charge < -0.3 is 14.7 Å². The molecule has 0 radical (unpaired) electrons. The van der Waals surface area contributed by atoms with E-state index in [9.17, 15) is 14.7 Å². The van der Waals surface area contributed by atoms with Crippen molar-refractivity contribution in [2.75, 3.05) is 20.2 Å². The Balaban J connectivity index is 1.70. The van der Waals surface area contributed by atoms with Gasteiger partial charge in [-0.15, -0.1) is 0 Å². The molecular weight excluding hydrogens is 294 g/mol. The van der Waals surface area contributed by atoms with Crippen molar-refractivity contribution in [3.8, 4) is 5.75 Å². The van der Waals surface area contributed by atoms with Gasteiger partial charge in [0, 0.05) is 19.5 Å². The van der Waals surface area contributed by atoms with E-state index < -0.39 is 11.4 Å². The summed E-state index contributed by atoms with van der Waals surface area (Å²) in [4.78, 5) is 25.1. The Kier molecular flexibility index (Phi) is 5.64. The van der Waals surface area contributed by atoms with Gasteiger partial charge in [-0.2, -0.15) is 0 Å². The maximum atomic E-state index is 12.2. The number of carbonyl (C=O) groups is 2. The van der Waals surface area contributed by atoms with Crippen LogP contribution < -0.4 is 4.74 Å². The van der Waals surface area contributed by atoms with E-state index in [1.165, 1.54) is 5.56 Å². The smallest absolute Gasteiger partial charge is 0.311 e. The largest absolute Gasteiger partial charge is 0.497 e.